The summed E-state index contributed by atoms with van der Waals surface area (Å²) in [6.45, 7) is 9.85. The molecule has 2 aliphatic carbocycles. The smallest absolute Gasteiger partial charge is 0.000871 e. The average molecular weight is 249 g/mol. The Morgan fingerprint density at radius 2 is 2.00 bits per heavy atom. The Bertz CT molecular complexity index is 283. The Balaban J connectivity index is 1.67. The molecule has 0 aliphatic heterocycles. The van der Waals surface area contributed by atoms with Crippen LogP contribution in [0.15, 0.2) is 12.2 Å². The molecule has 0 amide bonds. The van der Waals surface area contributed by atoms with Crippen molar-refractivity contribution in [3.63, 3.8) is 0 Å². The lowest BCUT2D eigenvalue weighted by Crippen LogP contribution is -2.19. The van der Waals surface area contributed by atoms with Crippen LogP contribution in [0.2, 0.25) is 0 Å². The lowest BCUT2D eigenvalue weighted by Gasteiger charge is -2.18. The number of fused-ring (bicyclic) bond motifs is 1. The standard InChI is InChI=1S/C17H31N/c1-4-5-6-7-8-9-12(2)15(11-18)17-14-10-13(3)16(14)17/h13-17H,2,4-11,18H2,1,3H3. The predicted molar refractivity (Wildman–Crippen MR) is 79.3 cm³/mol. The van der Waals surface area contributed by atoms with E-state index in [2.05, 4.69) is 20.4 Å². The first-order valence-corrected chi connectivity index (χ1v) is 8.08. The first-order chi connectivity index (χ1) is 8.70. The van der Waals surface area contributed by atoms with Gasteiger partial charge in [-0.1, -0.05) is 51.7 Å². The highest BCUT2D eigenvalue weighted by Gasteiger charge is 2.62. The van der Waals surface area contributed by atoms with E-state index in [1.807, 2.05) is 0 Å². The summed E-state index contributed by atoms with van der Waals surface area (Å²) in [5.41, 5.74) is 7.46. The number of nitrogens with two attached hydrogens (primary N) is 1. The van der Waals surface area contributed by atoms with E-state index in [1.54, 1.807) is 0 Å². The van der Waals surface area contributed by atoms with Gasteiger partial charge in [-0.25, -0.2) is 0 Å². The predicted octanol–water partition coefficient (Wildman–Crippen LogP) is 4.38. The maximum absolute atomic E-state index is 6.00. The van der Waals surface area contributed by atoms with Gasteiger partial charge in [0.1, 0.15) is 0 Å². The van der Waals surface area contributed by atoms with Gasteiger partial charge in [0.05, 0.1) is 0 Å². The molecular formula is C17H31N. The van der Waals surface area contributed by atoms with Crippen LogP contribution in [0.1, 0.15) is 58.8 Å². The molecule has 0 spiro atoms. The normalized spacial score (nSPS) is 34.6. The molecule has 0 heterocycles. The van der Waals surface area contributed by atoms with Crippen LogP contribution in [0.3, 0.4) is 0 Å². The maximum Gasteiger partial charge on any atom is -0.000871 e. The summed E-state index contributed by atoms with van der Waals surface area (Å²) in [7, 11) is 0. The van der Waals surface area contributed by atoms with Gasteiger partial charge in [-0.05, 0) is 55.4 Å². The van der Waals surface area contributed by atoms with Crippen molar-refractivity contribution in [1.29, 1.82) is 0 Å². The second kappa shape index (κ2) is 6.23. The molecule has 0 bridgehead atoms. The highest BCUT2D eigenvalue weighted by Crippen LogP contribution is 2.68. The van der Waals surface area contributed by atoms with Crippen LogP contribution in [0.25, 0.3) is 0 Å². The van der Waals surface area contributed by atoms with Crippen LogP contribution in [-0.2, 0) is 0 Å². The van der Waals surface area contributed by atoms with Crippen molar-refractivity contribution in [2.24, 2.45) is 35.3 Å². The van der Waals surface area contributed by atoms with E-state index in [0.717, 1.165) is 30.2 Å². The fraction of sp³-hybridized carbons (Fsp3) is 0.882. The minimum Gasteiger partial charge on any atom is -0.330 e. The second-order valence-electron chi connectivity index (χ2n) is 6.70. The Morgan fingerprint density at radius 3 is 2.50 bits per heavy atom. The summed E-state index contributed by atoms with van der Waals surface area (Å²) < 4.78 is 0. The summed E-state index contributed by atoms with van der Waals surface area (Å²) in [5.74, 6) is 4.54. The molecular weight excluding hydrogens is 218 g/mol. The molecule has 5 atom stereocenters. The van der Waals surface area contributed by atoms with Crippen molar-refractivity contribution in [1.82, 2.24) is 0 Å². The molecule has 18 heavy (non-hydrogen) atoms. The Hall–Kier alpha value is -0.300. The zero-order chi connectivity index (χ0) is 13.1. The third kappa shape index (κ3) is 2.82. The number of unbranched alkanes of at least 4 members (excludes halogenated alkanes) is 4. The summed E-state index contributed by atoms with van der Waals surface area (Å²) in [6, 6.07) is 0. The fourth-order valence-corrected chi connectivity index (χ4v) is 4.24. The van der Waals surface area contributed by atoms with Gasteiger partial charge in [0, 0.05) is 0 Å². The molecule has 2 fully saturated rings. The monoisotopic (exact) mass is 249 g/mol. The topological polar surface area (TPSA) is 26.0 Å². The first kappa shape index (κ1) is 14.1. The van der Waals surface area contributed by atoms with E-state index >= 15 is 0 Å². The van der Waals surface area contributed by atoms with Gasteiger partial charge in [0.25, 0.3) is 0 Å². The van der Waals surface area contributed by atoms with E-state index in [0.29, 0.717) is 5.92 Å². The lowest BCUT2D eigenvalue weighted by atomic mass is 9.87. The van der Waals surface area contributed by atoms with Crippen LogP contribution in [0.4, 0.5) is 0 Å². The largest absolute Gasteiger partial charge is 0.330 e. The lowest BCUT2D eigenvalue weighted by molar-refractivity contribution is 0.316. The average Bonchev–Trinajstić information content (AvgIpc) is 2.95. The van der Waals surface area contributed by atoms with Gasteiger partial charge in [-0.3, -0.25) is 0 Å². The maximum atomic E-state index is 6.00. The summed E-state index contributed by atoms with van der Waals surface area (Å²) in [6.07, 6.45) is 9.48. The molecule has 0 saturated heterocycles. The minimum absolute atomic E-state index is 0.635. The van der Waals surface area contributed by atoms with Crippen molar-refractivity contribution < 1.29 is 0 Å². The third-order valence-electron chi connectivity index (χ3n) is 5.44. The van der Waals surface area contributed by atoms with Gasteiger partial charge < -0.3 is 5.73 Å². The van der Waals surface area contributed by atoms with Crippen LogP contribution in [-0.4, -0.2) is 6.54 Å². The van der Waals surface area contributed by atoms with Crippen molar-refractivity contribution in [2.45, 2.75) is 58.8 Å². The zero-order valence-electron chi connectivity index (χ0n) is 12.3. The van der Waals surface area contributed by atoms with E-state index in [9.17, 15) is 0 Å². The molecule has 1 nitrogen and oxygen atoms in total. The Morgan fingerprint density at radius 1 is 1.28 bits per heavy atom. The quantitative estimate of drug-likeness (QED) is 0.476. The van der Waals surface area contributed by atoms with Crippen LogP contribution >= 0.6 is 0 Å². The second-order valence-corrected chi connectivity index (χ2v) is 6.70. The molecule has 0 radical (unpaired) electrons. The highest BCUT2D eigenvalue weighted by atomic mass is 14.7. The van der Waals surface area contributed by atoms with Gasteiger partial charge in [0.15, 0.2) is 0 Å². The summed E-state index contributed by atoms with van der Waals surface area (Å²) in [4.78, 5) is 0. The first-order valence-electron chi connectivity index (χ1n) is 8.08. The van der Waals surface area contributed by atoms with Gasteiger partial charge in [0.2, 0.25) is 0 Å². The third-order valence-corrected chi connectivity index (χ3v) is 5.44. The summed E-state index contributed by atoms with van der Waals surface area (Å²) in [5, 5.41) is 0. The van der Waals surface area contributed by atoms with E-state index in [-0.39, 0.29) is 0 Å². The molecule has 2 N–H and O–H groups in total. The Labute approximate surface area is 113 Å². The van der Waals surface area contributed by atoms with E-state index < -0.39 is 0 Å². The van der Waals surface area contributed by atoms with Crippen LogP contribution < -0.4 is 5.73 Å². The van der Waals surface area contributed by atoms with Gasteiger partial charge in [-0.2, -0.15) is 0 Å². The molecule has 0 aromatic heterocycles. The van der Waals surface area contributed by atoms with E-state index in [4.69, 9.17) is 5.73 Å². The van der Waals surface area contributed by atoms with Gasteiger partial charge in [-0.15, -0.1) is 0 Å². The molecule has 2 aliphatic rings. The van der Waals surface area contributed by atoms with Crippen molar-refractivity contribution >= 4 is 0 Å². The molecule has 1 heteroatoms. The molecule has 2 rings (SSSR count). The molecule has 2 saturated carbocycles. The molecule has 0 aromatic rings. The zero-order valence-corrected chi connectivity index (χ0v) is 12.3. The van der Waals surface area contributed by atoms with Crippen LogP contribution in [0.5, 0.6) is 0 Å². The fourth-order valence-electron chi connectivity index (χ4n) is 4.24. The van der Waals surface area contributed by atoms with Crippen molar-refractivity contribution in [3.05, 3.63) is 12.2 Å². The van der Waals surface area contributed by atoms with E-state index in [1.165, 1.54) is 50.5 Å². The number of rotatable bonds is 9. The highest BCUT2D eigenvalue weighted by molar-refractivity contribution is 5.18. The van der Waals surface area contributed by atoms with Gasteiger partial charge >= 0.3 is 0 Å². The molecule has 0 aromatic carbocycles. The molecule has 5 unspecified atom stereocenters. The van der Waals surface area contributed by atoms with Crippen molar-refractivity contribution in [3.8, 4) is 0 Å². The number of hydrogen-bond acceptors (Lipinski definition) is 1. The van der Waals surface area contributed by atoms with Crippen LogP contribution in [0, 0.1) is 29.6 Å². The molecule has 104 valence electrons. The minimum atomic E-state index is 0.635. The number of hydrogen-bond donors (Lipinski definition) is 1. The Kier molecular flexibility index (Phi) is 4.89. The SMILES string of the molecule is C=C(CCCCCCC)C(CN)C1C2CC(C)C21. The van der Waals surface area contributed by atoms with Crippen molar-refractivity contribution in [2.75, 3.05) is 6.54 Å². The summed E-state index contributed by atoms with van der Waals surface area (Å²) >= 11 is 0.